The number of rotatable bonds is 9. The Morgan fingerprint density at radius 1 is 1.05 bits per heavy atom. The summed E-state index contributed by atoms with van der Waals surface area (Å²) in [6.45, 7) is 22.9. The lowest BCUT2D eigenvalue weighted by molar-refractivity contribution is -0.208. The fourth-order valence-corrected chi connectivity index (χ4v) is 11.6. The van der Waals surface area contributed by atoms with Crippen molar-refractivity contribution < 1.29 is 9.90 Å². The van der Waals surface area contributed by atoms with Crippen molar-refractivity contribution in [1.29, 1.82) is 0 Å². The van der Waals surface area contributed by atoms with Gasteiger partial charge in [-0.05, 0) is 98.2 Å². The smallest absolute Gasteiger partial charge is 0.147 e. The van der Waals surface area contributed by atoms with Crippen molar-refractivity contribution in [3.8, 4) is 0 Å². The molecule has 0 amide bonds. The van der Waals surface area contributed by atoms with E-state index in [1.54, 1.807) is 0 Å². The minimum absolute atomic E-state index is 0.0175. The maximum Gasteiger partial charge on any atom is 0.147 e. The Morgan fingerprint density at radius 2 is 1.74 bits per heavy atom. The Kier molecular flexibility index (Phi) is 8.72. The van der Waals surface area contributed by atoms with Crippen LogP contribution < -0.4 is 5.32 Å². The van der Waals surface area contributed by atoms with Crippen LogP contribution in [-0.4, -0.2) is 39.2 Å². The van der Waals surface area contributed by atoms with E-state index in [2.05, 4.69) is 104 Å². The van der Waals surface area contributed by atoms with E-state index < -0.39 is 5.60 Å². The topological polar surface area (TPSA) is 49.3 Å². The van der Waals surface area contributed by atoms with E-state index in [4.69, 9.17) is 0 Å². The molecule has 0 aromatic carbocycles. The van der Waals surface area contributed by atoms with Crippen molar-refractivity contribution >= 4 is 37.6 Å². The van der Waals surface area contributed by atoms with Crippen LogP contribution in [-0.2, 0) is 4.79 Å². The number of ketones is 1. The van der Waals surface area contributed by atoms with Crippen molar-refractivity contribution in [3.63, 3.8) is 0 Å². The highest BCUT2D eigenvalue weighted by Gasteiger charge is 2.74. The molecule has 3 nitrogen and oxygen atoms in total. The molecule has 0 spiro atoms. The molecule has 4 rings (SSSR count). The van der Waals surface area contributed by atoms with Gasteiger partial charge in [0.2, 0.25) is 0 Å². The molecular weight excluding hydrogens is 602 g/mol. The molecule has 5 heteroatoms. The Labute approximate surface area is 249 Å². The highest BCUT2D eigenvalue weighted by molar-refractivity contribution is 9.09. The highest BCUT2D eigenvalue weighted by atomic mass is 79.9. The van der Waals surface area contributed by atoms with E-state index in [-0.39, 0.29) is 39.5 Å². The summed E-state index contributed by atoms with van der Waals surface area (Å²) >= 11 is 7.22. The number of Topliss-reactive ketones (excluding diaryl/α,β-unsaturated/α-hetero) is 1. The van der Waals surface area contributed by atoms with Crippen LogP contribution in [0.1, 0.15) is 92.9 Å². The lowest BCUT2D eigenvalue weighted by Gasteiger charge is -2.70. The molecule has 4 saturated carbocycles. The number of hydrogen-bond donors (Lipinski definition) is 2. The summed E-state index contributed by atoms with van der Waals surface area (Å²) < 4.78 is 0. The molecule has 0 heterocycles. The molecule has 38 heavy (non-hydrogen) atoms. The molecule has 11 atom stereocenters. The van der Waals surface area contributed by atoms with Crippen LogP contribution in [0.25, 0.3) is 0 Å². The third-order valence-electron chi connectivity index (χ3n) is 12.5. The van der Waals surface area contributed by atoms with Crippen LogP contribution in [0.2, 0.25) is 0 Å². The standard InChI is InChI=1S/C33H53Br2NO2/c1-9-32-14-13-30(7)24(25(37)19-35)17-28(36-21(3)4)33(30,10-2)26(32)11-12-29(6)20-31(8,38)23(16-27(29)32)15-22(5)18-34/h9-10,21-24,26-28,36,38H,1-2,11-20H2,3-8H3/t22?,23?,24-,26-,27+,28?,29-,30-,31+,32?,33?/m1/s1. The second-order valence-corrected chi connectivity index (χ2v) is 16.1. The van der Waals surface area contributed by atoms with Gasteiger partial charge in [0.25, 0.3) is 0 Å². The largest absolute Gasteiger partial charge is 0.390 e. The summed E-state index contributed by atoms with van der Waals surface area (Å²) in [6, 6.07) is 0.565. The summed E-state index contributed by atoms with van der Waals surface area (Å²) in [7, 11) is 0. The monoisotopic (exact) mass is 653 g/mol. The summed E-state index contributed by atoms with van der Waals surface area (Å²) in [5, 5.41) is 17.1. The minimum Gasteiger partial charge on any atom is -0.390 e. The van der Waals surface area contributed by atoms with E-state index in [9.17, 15) is 9.90 Å². The fourth-order valence-electron chi connectivity index (χ4n) is 10.9. The van der Waals surface area contributed by atoms with E-state index >= 15 is 0 Å². The molecule has 4 aliphatic rings. The summed E-state index contributed by atoms with van der Waals surface area (Å²) in [6.07, 6.45) is 12.8. The number of aliphatic hydroxyl groups is 1. The Morgan fingerprint density at radius 3 is 2.29 bits per heavy atom. The molecule has 0 bridgehead atoms. The van der Waals surface area contributed by atoms with E-state index in [1.165, 1.54) is 0 Å². The van der Waals surface area contributed by atoms with Gasteiger partial charge in [-0.25, -0.2) is 0 Å². The lowest BCUT2D eigenvalue weighted by Crippen LogP contribution is -2.67. The quantitative estimate of drug-likeness (QED) is 0.195. The molecule has 4 aliphatic carbocycles. The second-order valence-electron chi connectivity index (χ2n) is 14.9. The van der Waals surface area contributed by atoms with Crippen LogP contribution in [0.5, 0.6) is 0 Å². The van der Waals surface area contributed by atoms with Gasteiger partial charge in [0.15, 0.2) is 0 Å². The number of fused-ring (bicyclic) bond motifs is 5. The third kappa shape index (κ3) is 4.42. The van der Waals surface area contributed by atoms with Crippen LogP contribution in [0.3, 0.4) is 0 Å². The molecular formula is C33H53Br2NO2. The van der Waals surface area contributed by atoms with Crippen molar-refractivity contribution in [2.24, 2.45) is 51.2 Å². The number of nitrogens with one attached hydrogen (secondary N) is 1. The van der Waals surface area contributed by atoms with Gasteiger partial charge in [-0.3, -0.25) is 4.79 Å². The first-order valence-electron chi connectivity index (χ1n) is 15.1. The van der Waals surface area contributed by atoms with Crippen LogP contribution >= 0.6 is 31.9 Å². The predicted octanol–water partition coefficient (Wildman–Crippen LogP) is 8.10. The van der Waals surface area contributed by atoms with Gasteiger partial charge in [0.1, 0.15) is 5.78 Å². The maximum atomic E-state index is 13.4. The number of alkyl halides is 2. The summed E-state index contributed by atoms with van der Waals surface area (Å²) in [5.41, 5.74) is -0.870. The fraction of sp³-hybridized carbons (Fsp3) is 0.848. The molecule has 5 unspecified atom stereocenters. The van der Waals surface area contributed by atoms with Gasteiger partial charge in [-0.15, -0.1) is 13.2 Å². The number of halogens is 2. The van der Waals surface area contributed by atoms with E-state index in [0.717, 1.165) is 56.7 Å². The van der Waals surface area contributed by atoms with Gasteiger partial charge in [0, 0.05) is 28.7 Å². The first-order valence-corrected chi connectivity index (χ1v) is 17.4. The average Bonchev–Trinajstić information content (AvgIpc) is 3.11. The van der Waals surface area contributed by atoms with Crippen molar-refractivity contribution in [2.75, 3.05) is 10.7 Å². The first-order chi connectivity index (χ1) is 17.7. The van der Waals surface area contributed by atoms with Crippen LogP contribution in [0.4, 0.5) is 0 Å². The number of carbonyl (C=O) groups excluding carboxylic acids is 1. The van der Waals surface area contributed by atoms with Gasteiger partial charge in [0.05, 0.1) is 10.9 Å². The van der Waals surface area contributed by atoms with Crippen LogP contribution in [0.15, 0.2) is 25.3 Å². The Bertz CT molecular complexity index is 934. The van der Waals surface area contributed by atoms with Gasteiger partial charge in [-0.2, -0.15) is 0 Å². The Hall–Kier alpha value is 0.0300. The molecule has 0 saturated heterocycles. The molecule has 4 fully saturated rings. The molecule has 0 aromatic rings. The molecule has 0 aliphatic heterocycles. The normalized spacial score (nSPS) is 49.1. The molecule has 0 radical (unpaired) electrons. The van der Waals surface area contributed by atoms with E-state index in [1.807, 2.05) is 0 Å². The molecule has 216 valence electrons. The zero-order valence-corrected chi connectivity index (χ0v) is 28.0. The van der Waals surface area contributed by atoms with E-state index in [0.29, 0.717) is 34.9 Å². The van der Waals surface area contributed by atoms with Crippen molar-refractivity contribution in [2.45, 2.75) is 111 Å². The number of hydrogen-bond acceptors (Lipinski definition) is 3. The predicted molar refractivity (Wildman–Crippen MR) is 167 cm³/mol. The maximum absolute atomic E-state index is 13.4. The van der Waals surface area contributed by atoms with Gasteiger partial charge < -0.3 is 10.4 Å². The van der Waals surface area contributed by atoms with Crippen molar-refractivity contribution in [3.05, 3.63) is 25.3 Å². The molecule has 0 aromatic heterocycles. The number of allylic oxidation sites excluding steroid dienone is 1. The number of carbonyl (C=O) groups is 1. The van der Waals surface area contributed by atoms with Crippen molar-refractivity contribution in [1.82, 2.24) is 5.32 Å². The van der Waals surface area contributed by atoms with Crippen LogP contribution in [0, 0.1) is 51.2 Å². The SMILES string of the molecule is C=CC12CC[C@]3(C)[C@@H](C(=O)CBr)CC(NC(C)C)C3(C=C)[C@@H]1CC[C@]1(C)C[C@](C)(O)C(CC(C)CBr)C[C@H]21. The Balaban J connectivity index is 1.84. The highest BCUT2D eigenvalue weighted by Crippen LogP contribution is 2.77. The first kappa shape index (κ1) is 31.0. The summed E-state index contributed by atoms with van der Waals surface area (Å²) in [5.74, 6) is 2.07. The summed E-state index contributed by atoms with van der Waals surface area (Å²) in [4.78, 5) is 13.4. The van der Waals surface area contributed by atoms with Gasteiger partial charge >= 0.3 is 0 Å². The van der Waals surface area contributed by atoms with Gasteiger partial charge in [-0.1, -0.05) is 78.6 Å². The average molecular weight is 656 g/mol. The third-order valence-corrected chi connectivity index (χ3v) is 14.1. The zero-order valence-electron chi connectivity index (χ0n) is 24.8. The molecule has 2 N–H and O–H groups in total. The second kappa shape index (κ2) is 10.7. The zero-order chi connectivity index (χ0) is 28.3. The minimum atomic E-state index is -0.640. The lowest BCUT2D eigenvalue weighted by atomic mass is 9.34.